The Morgan fingerprint density at radius 3 is 2.79 bits per heavy atom. The first-order chi connectivity index (χ1) is 8.90. The fourth-order valence-corrected chi connectivity index (χ4v) is 2.06. The Kier molecular flexibility index (Phi) is 3.57. The van der Waals surface area contributed by atoms with Crippen molar-refractivity contribution in [2.75, 3.05) is 0 Å². The van der Waals surface area contributed by atoms with Crippen LogP contribution >= 0.6 is 15.9 Å². The van der Waals surface area contributed by atoms with E-state index in [2.05, 4.69) is 21.0 Å². The van der Waals surface area contributed by atoms with Gasteiger partial charge >= 0.3 is 0 Å². The van der Waals surface area contributed by atoms with Gasteiger partial charge in [-0.25, -0.2) is 9.07 Å². The van der Waals surface area contributed by atoms with Gasteiger partial charge in [-0.05, 0) is 25.1 Å². The molecular formula is C12H12BrFN4O. The quantitative estimate of drug-likeness (QED) is 0.672. The predicted octanol–water partition coefficient (Wildman–Crippen LogP) is 2.71. The first kappa shape index (κ1) is 13.5. The highest BCUT2D eigenvalue weighted by Gasteiger charge is 2.19. The number of hydrogen-bond acceptors (Lipinski definition) is 3. The van der Waals surface area contributed by atoms with Gasteiger partial charge in [0, 0.05) is 11.5 Å². The van der Waals surface area contributed by atoms with Crippen LogP contribution in [0.1, 0.15) is 11.3 Å². The van der Waals surface area contributed by atoms with E-state index in [1.54, 1.807) is 20.0 Å². The molecule has 0 radical (unpaired) electrons. The number of amidine groups is 1. The molecule has 2 aromatic rings. The average molecular weight is 327 g/mol. The molecular weight excluding hydrogens is 315 g/mol. The number of aryl methyl sites for hydroxylation is 2. The van der Waals surface area contributed by atoms with Crippen LogP contribution in [-0.2, 0) is 7.05 Å². The second-order valence-electron chi connectivity index (χ2n) is 3.98. The van der Waals surface area contributed by atoms with E-state index in [0.29, 0.717) is 15.7 Å². The molecule has 3 N–H and O–H groups in total. The van der Waals surface area contributed by atoms with Gasteiger partial charge in [-0.3, -0.25) is 5.41 Å². The number of nitrogens with two attached hydrogens (primary N) is 1. The van der Waals surface area contributed by atoms with E-state index in [4.69, 9.17) is 15.9 Å². The van der Waals surface area contributed by atoms with Crippen molar-refractivity contribution in [2.24, 2.45) is 12.8 Å². The summed E-state index contributed by atoms with van der Waals surface area (Å²) in [6, 6.07) is 4.45. The second-order valence-corrected chi connectivity index (χ2v) is 4.90. The standard InChI is InChI=1S/C12H12BrFN4O/c1-6-10(11(15)16)12(18(2)17-6)19-9-4-3-7(13)5-8(9)14/h3-5H,1-2H3,(H3,15,16). The van der Waals surface area contributed by atoms with Gasteiger partial charge in [0.1, 0.15) is 11.4 Å². The number of ether oxygens (including phenoxy) is 1. The monoisotopic (exact) mass is 326 g/mol. The minimum atomic E-state index is -0.511. The number of rotatable bonds is 3. The molecule has 1 aromatic heterocycles. The largest absolute Gasteiger partial charge is 0.435 e. The minimum absolute atomic E-state index is 0.0497. The first-order valence-electron chi connectivity index (χ1n) is 5.41. The van der Waals surface area contributed by atoms with Crippen LogP contribution in [0.15, 0.2) is 22.7 Å². The maximum Gasteiger partial charge on any atom is 0.229 e. The molecule has 7 heteroatoms. The molecule has 0 atom stereocenters. The number of benzene rings is 1. The summed E-state index contributed by atoms with van der Waals surface area (Å²) < 4.78 is 21.3. The molecule has 0 aliphatic rings. The summed E-state index contributed by atoms with van der Waals surface area (Å²) in [4.78, 5) is 0. The van der Waals surface area contributed by atoms with Gasteiger partial charge in [0.05, 0.1) is 5.69 Å². The molecule has 5 nitrogen and oxygen atoms in total. The number of halogens is 2. The van der Waals surface area contributed by atoms with Gasteiger partial charge in [-0.2, -0.15) is 5.10 Å². The Bertz CT molecular complexity index is 653. The molecule has 0 aliphatic carbocycles. The van der Waals surface area contributed by atoms with Gasteiger partial charge in [-0.1, -0.05) is 15.9 Å². The predicted molar refractivity (Wildman–Crippen MR) is 73.1 cm³/mol. The summed E-state index contributed by atoms with van der Waals surface area (Å²) in [5.41, 5.74) is 6.42. The number of nitrogens with one attached hydrogen (secondary N) is 1. The van der Waals surface area contributed by atoms with Crippen LogP contribution in [0.4, 0.5) is 4.39 Å². The van der Waals surface area contributed by atoms with Crippen molar-refractivity contribution < 1.29 is 9.13 Å². The van der Waals surface area contributed by atoms with E-state index < -0.39 is 5.82 Å². The Labute approximate surface area is 117 Å². The number of aromatic nitrogens is 2. The maximum atomic E-state index is 13.7. The lowest BCUT2D eigenvalue weighted by atomic mass is 10.2. The molecule has 0 fully saturated rings. The average Bonchev–Trinajstić information content (AvgIpc) is 2.57. The first-order valence-corrected chi connectivity index (χ1v) is 6.20. The molecule has 0 saturated heterocycles. The molecule has 19 heavy (non-hydrogen) atoms. The summed E-state index contributed by atoms with van der Waals surface area (Å²) in [7, 11) is 1.64. The van der Waals surface area contributed by atoms with Gasteiger partial charge in [-0.15, -0.1) is 0 Å². The van der Waals surface area contributed by atoms with E-state index in [-0.39, 0.29) is 17.5 Å². The number of nitrogens with zero attached hydrogens (tertiary/aromatic N) is 2. The lowest BCUT2D eigenvalue weighted by molar-refractivity contribution is 0.402. The van der Waals surface area contributed by atoms with Crippen molar-refractivity contribution in [1.29, 1.82) is 5.41 Å². The number of nitrogen functional groups attached to an aromatic ring is 1. The molecule has 0 bridgehead atoms. The van der Waals surface area contributed by atoms with Gasteiger partial charge in [0.15, 0.2) is 11.6 Å². The summed E-state index contributed by atoms with van der Waals surface area (Å²) in [5, 5.41) is 11.6. The lowest BCUT2D eigenvalue weighted by Crippen LogP contribution is -2.13. The van der Waals surface area contributed by atoms with Crippen LogP contribution in [0, 0.1) is 18.2 Å². The zero-order valence-electron chi connectivity index (χ0n) is 10.4. The topological polar surface area (TPSA) is 76.9 Å². The van der Waals surface area contributed by atoms with Crippen LogP contribution in [0.25, 0.3) is 0 Å². The summed E-state index contributed by atoms with van der Waals surface area (Å²) in [6.45, 7) is 1.71. The Balaban J connectivity index is 2.46. The third-order valence-electron chi connectivity index (χ3n) is 2.54. The molecule has 2 rings (SSSR count). The van der Waals surface area contributed by atoms with Crippen molar-refractivity contribution in [3.05, 3.63) is 39.7 Å². The van der Waals surface area contributed by atoms with Crippen molar-refractivity contribution in [3.8, 4) is 11.6 Å². The van der Waals surface area contributed by atoms with Gasteiger partial charge in [0.25, 0.3) is 0 Å². The maximum absolute atomic E-state index is 13.7. The van der Waals surface area contributed by atoms with Crippen LogP contribution in [0.5, 0.6) is 11.6 Å². The van der Waals surface area contributed by atoms with Crippen LogP contribution < -0.4 is 10.5 Å². The third kappa shape index (κ3) is 2.60. The van der Waals surface area contributed by atoms with Crippen molar-refractivity contribution >= 4 is 21.8 Å². The Morgan fingerprint density at radius 2 is 2.21 bits per heavy atom. The van der Waals surface area contributed by atoms with E-state index in [0.717, 1.165) is 0 Å². The van der Waals surface area contributed by atoms with Gasteiger partial charge < -0.3 is 10.5 Å². The fourth-order valence-electron chi connectivity index (χ4n) is 1.73. The van der Waals surface area contributed by atoms with E-state index in [1.165, 1.54) is 16.8 Å². The number of hydrogen-bond donors (Lipinski definition) is 2. The smallest absolute Gasteiger partial charge is 0.229 e. The zero-order valence-corrected chi connectivity index (χ0v) is 12.0. The molecule has 0 unspecified atom stereocenters. The molecule has 0 aliphatic heterocycles. The van der Waals surface area contributed by atoms with Crippen molar-refractivity contribution in [3.63, 3.8) is 0 Å². The summed E-state index contributed by atoms with van der Waals surface area (Å²) in [6.07, 6.45) is 0. The van der Waals surface area contributed by atoms with Crippen LogP contribution in [0.3, 0.4) is 0 Å². The summed E-state index contributed by atoms with van der Waals surface area (Å²) >= 11 is 3.17. The normalized spacial score (nSPS) is 10.5. The molecule has 1 heterocycles. The summed E-state index contributed by atoms with van der Waals surface area (Å²) in [5.74, 6) is -0.388. The third-order valence-corrected chi connectivity index (χ3v) is 3.03. The van der Waals surface area contributed by atoms with Crippen LogP contribution in [0.2, 0.25) is 0 Å². The highest BCUT2D eigenvalue weighted by Crippen LogP contribution is 2.30. The Morgan fingerprint density at radius 1 is 1.53 bits per heavy atom. The molecule has 0 amide bonds. The van der Waals surface area contributed by atoms with Crippen molar-refractivity contribution in [2.45, 2.75) is 6.92 Å². The Hall–Kier alpha value is -1.89. The highest BCUT2D eigenvalue weighted by atomic mass is 79.9. The van der Waals surface area contributed by atoms with E-state index in [9.17, 15) is 4.39 Å². The molecule has 0 saturated carbocycles. The van der Waals surface area contributed by atoms with Crippen LogP contribution in [-0.4, -0.2) is 15.6 Å². The molecule has 100 valence electrons. The van der Waals surface area contributed by atoms with E-state index >= 15 is 0 Å². The fraction of sp³-hybridized carbons (Fsp3) is 0.167. The SMILES string of the molecule is Cc1nn(C)c(Oc2ccc(Br)cc2F)c1C(=N)N. The lowest BCUT2D eigenvalue weighted by Gasteiger charge is -2.09. The van der Waals surface area contributed by atoms with E-state index in [1.807, 2.05) is 0 Å². The highest BCUT2D eigenvalue weighted by molar-refractivity contribution is 9.10. The molecule has 0 spiro atoms. The minimum Gasteiger partial charge on any atom is -0.435 e. The second kappa shape index (κ2) is 5.00. The van der Waals surface area contributed by atoms with Crippen molar-refractivity contribution in [1.82, 2.24) is 9.78 Å². The zero-order chi connectivity index (χ0) is 14.2. The molecule has 1 aromatic carbocycles. The van der Waals surface area contributed by atoms with Gasteiger partial charge in [0.2, 0.25) is 5.88 Å².